The summed E-state index contributed by atoms with van der Waals surface area (Å²) in [6.07, 6.45) is 13.3. The van der Waals surface area contributed by atoms with Gasteiger partial charge in [0.05, 0.1) is 24.6 Å². The lowest BCUT2D eigenvalue weighted by molar-refractivity contribution is -0.118. The number of nitrogens with one attached hydrogen (secondary N) is 2. The van der Waals surface area contributed by atoms with Crippen LogP contribution in [0.3, 0.4) is 0 Å². The highest BCUT2D eigenvalue weighted by molar-refractivity contribution is 7.16. The number of nitrogens with zero attached hydrogens (tertiary/aromatic N) is 3. The van der Waals surface area contributed by atoms with Crippen LogP contribution < -0.4 is 25.8 Å². The fraction of sp³-hybridized carbons (Fsp3) is 0.525. The number of carbonyl (C=O) groups is 1. The highest BCUT2D eigenvalue weighted by Gasteiger charge is 2.26. The Morgan fingerprint density at radius 3 is 1.98 bits per heavy atom. The molecule has 2 fully saturated rings. The summed E-state index contributed by atoms with van der Waals surface area (Å²) >= 11 is 3.55. The molecule has 0 saturated heterocycles. The van der Waals surface area contributed by atoms with Gasteiger partial charge in [-0.3, -0.25) is 4.79 Å². The molecule has 2 aromatic heterocycles. The van der Waals surface area contributed by atoms with Crippen molar-refractivity contribution in [3.8, 4) is 34.0 Å². The van der Waals surface area contributed by atoms with Crippen molar-refractivity contribution in [2.24, 2.45) is 17.6 Å². The summed E-state index contributed by atoms with van der Waals surface area (Å²) in [5.74, 6) is 3.25. The molecule has 11 heteroatoms. The summed E-state index contributed by atoms with van der Waals surface area (Å²) in [5, 5.41) is 9.33. The first-order valence-electron chi connectivity index (χ1n) is 18.9. The van der Waals surface area contributed by atoms with Crippen LogP contribution in [0.1, 0.15) is 74.5 Å². The van der Waals surface area contributed by atoms with Crippen molar-refractivity contribution in [1.82, 2.24) is 14.9 Å². The predicted molar refractivity (Wildman–Crippen MR) is 209 cm³/mol. The number of amides is 1. The molecular formula is C40H52N6O3S2. The maximum atomic E-state index is 11.2. The van der Waals surface area contributed by atoms with Crippen molar-refractivity contribution in [3.63, 3.8) is 0 Å². The van der Waals surface area contributed by atoms with Crippen LogP contribution in [-0.2, 0) is 17.6 Å². The zero-order valence-electron chi connectivity index (χ0n) is 29.8. The van der Waals surface area contributed by atoms with Crippen molar-refractivity contribution < 1.29 is 14.3 Å². The SMILES string of the molecule is CCCN(C=O)CC1CCC(Nc2nc3c(s2)CCOc2ccccc2-3)CC1.NC1CCC(CNc2nc3c(s2)CCOc2ccccc2-3)CC1. The first kappa shape index (κ1) is 35.7. The predicted octanol–water partition coefficient (Wildman–Crippen LogP) is 8.26. The number of para-hydroxylation sites is 2. The number of anilines is 2. The number of rotatable bonds is 10. The number of thiazole rings is 2. The quantitative estimate of drug-likeness (QED) is 0.140. The smallest absolute Gasteiger partial charge is 0.209 e. The number of carbonyl (C=O) groups excluding carboxylic acids is 1. The fourth-order valence-electron chi connectivity index (χ4n) is 7.78. The zero-order chi connectivity index (χ0) is 35.0. The van der Waals surface area contributed by atoms with Gasteiger partial charge in [-0.2, -0.15) is 0 Å². The molecule has 0 bridgehead atoms. The molecule has 2 aliphatic carbocycles. The van der Waals surface area contributed by atoms with Crippen LogP contribution in [-0.4, -0.2) is 66.2 Å². The van der Waals surface area contributed by atoms with Crippen LogP contribution in [0.15, 0.2) is 48.5 Å². The fourth-order valence-corrected chi connectivity index (χ4v) is 9.78. The molecule has 0 spiro atoms. The minimum atomic E-state index is 0.415. The Balaban J connectivity index is 0.000000162. The number of fused-ring (bicyclic) bond motifs is 6. The van der Waals surface area contributed by atoms with Gasteiger partial charge >= 0.3 is 0 Å². The summed E-state index contributed by atoms with van der Waals surface area (Å²) < 4.78 is 11.7. The standard InChI is InChI=1S/C22H29N3O2S.C18H23N3OS/c1-2-12-25(15-26)14-16-7-9-17(10-8-16)23-22-24-21-18-5-3-4-6-19(18)27-13-11-20(21)28-22;19-13-7-5-12(6-8-13)11-20-18-21-17-14-3-1-2-4-15(14)22-10-9-16(17)23-18/h3-6,15-17H,2,7-14H2,1H3,(H,23,24);1-4,12-13H,5-11,19H2,(H,20,21). The van der Waals surface area contributed by atoms with Crippen LogP contribution in [0, 0.1) is 11.8 Å². The van der Waals surface area contributed by atoms with Crippen molar-refractivity contribution >= 4 is 39.3 Å². The molecule has 272 valence electrons. The molecule has 1 amide bonds. The van der Waals surface area contributed by atoms with Gasteiger partial charge in [0.1, 0.15) is 11.5 Å². The van der Waals surface area contributed by atoms with Gasteiger partial charge < -0.3 is 30.7 Å². The number of nitrogens with two attached hydrogens (primary N) is 1. The molecular weight excluding hydrogens is 677 g/mol. The van der Waals surface area contributed by atoms with Crippen LogP contribution in [0.25, 0.3) is 22.5 Å². The lowest BCUT2D eigenvalue weighted by atomic mass is 9.86. The maximum Gasteiger partial charge on any atom is 0.209 e. The van der Waals surface area contributed by atoms with E-state index in [1.165, 1.54) is 35.4 Å². The number of aromatic nitrogens is 2. The van der Waals surface area contributed by atoms with Crippen LogP contribution in [0.4, 0.5) is 10.3 Å². The third-order valence-electron chi connectivity index (χ3n) is 10.6. The summed E-state index contributed by atoms with van der Waals surface area (Å²) in [7, 11) is 0. The van der Waals surface area contributed by atoms with Crippen LogP contribution in [0.5, 0.6) is 11.5 Å². The number of hydrogen-bond donors (Lipinski definition) is 3. The lowest BCUT2D eigenvalue weighted by Crippen LogP contribution is -2.33. The molecule has 8 rings (SSSR count). The molecule has 4 aromatic rings. The van der Waals surface area contributed by atoms with Crippen LogP contribution >= 0.6 is 22.7 Å². The number of ether oxygens (including phenoxy) is 2. The van der Waals surface area contributed by atoms with Gasteiger partial charge in [0, 0.05) is 65.4 Å². The average molecular weight is 729 g/mol. The monoisotopic (exact) mass is 728 g/mol. The van der Waals surface area contributed by atoms with Gasteiger partial charge in [0.15, 0.2) is 10.3 Å². The van der Waals surface area contributed by atoms with E-state index in [1.807, 2.05) is 35.2 Å². The minimum Gasteiger partial charge on any atom is -0.493 e. The van der Waals surface area contributed by atoms with E-state index >= 15 is 0 Å². The lowest BCUT2D eigenvalue weighted by Gasteiger charge is -2.31. The molecule has 0 atom stereocenters. The second kappa shape index (κ2) is 17.2. The zero-order valence-corrected chi connectivity index (χ0v) is 31.4. The van der Waals surface area contributed by atoms with Gasteiger partial charge in [-0.25, -0.2) is 9.97 Å². The van der Waals surface area contributed by atoms with Gasteiger partial charge in [-0.15, -0.1) is 22.7 Å². The third-order valence-corrected chi connectivity index (χ3v) is 12.7. The first-order valence-corrected chi connectivity index (χ1v) is 20.6. The Morgan fingerprint density at radius 1 is 0.804 bits per heavy atom. The van der Waals surface area contributed by atoms with E-state index in [4.69, 9.17) is 25.2 Å². The van der Waals surface area contributed by atoms with Crippen molar-refractivity contribution in [2.45, 2.75) is 89.6 Å². The summed E-state index contributed by atoms with van der Waals surface area (Å²) in [5.41, 5.74) is 10.4. The Bertz CT molecular complexity index is 1730. The normalized spacial score (nSPS) is 22.1. The van der Waals surface area contributed by atoms with E-state index in [1.54, 1.807) is 22.7 Å². The second-order valence-corrected chi connectivity index (χ2v) is 16.6. The van der Waals surface area contributed by atoms with Gasteiger partial charge in [-0.1, -0.05) is 31.2 Å². The molecule has 4 N–H and O–H groups in total. The molecule has 2 aromatic carbocycles. The number of hydrogen-bond acceptors (Lipinski definition) is 10. The molecule has 2 aliphatic heterocycles. The topological polar surface area (TPSA) is 115 Å². The molecule has 0 unspecified atom stereocenters. The second-order valence-electron chi connectivity index (χ2n) is 14.4. The van der Waals surface area contributed by atoms with E-state index in [0.717, 1.165) is 128 Å². The molecule has 4 heterocycles. The van der Waals surface area contributed by atoms with E-state index in [9.17, 15) is 4.79 Å². The van der Waals surface area contributed by atoms with Crippen LogP contribution in [0.2, 0.25) is 0 Å². The Hall–Kier alpha value is -3.67. The summed E-state index contributed by atoms with van der Waals surface area (Å²) in [6.45, 7) is 6.35. The third kappa shape index (κ3) is 9.04. The van der Waals surface area contributed by atoms with Crippen molar-refractivity contribution in [3.05, 3.63) is 58.3 Å². The molecule has 2 saturated carbocycles. The van der Waals surface area contributed by atoms with Crippen molar-refractivity contribution in [2.75, 3.05) is 43.5 Å². The summed E-state index contributed by atoms with van der Waals surface area (Å²) in [4.78, 5) is 25.5. The van der Waals surface area contributed by atoms with E-state index in [-0.39, 0.29) is 0 Å². The van der Waals surface area contributed by atoms with Gasteiger partial charge in [-0.05, 0) is 93.9 Å². The van der Waals surface area contributed by atoms with E-state index in [2.05, 4.69) is 35.8 Å². The summed E-state index contributed by atoms with van der Waals surface area (Å²) in [6, 6.07) is 17.3. The molecule has 0 radical (unpaired) electrons. The largest absolute Gasteiger partial charge is 0.493 e. The van der Waals surface area contributed by atoms with Crippen molar-refractivity contribution in [1.29, 1.82) is 0 Å². The minimum absolute atomic E-state index is 0.415. The highest BCUT2D eigenvalue weighted by atomic mass is 32.1. The van der Waals surface area contributed by atoms with E-state index < -0.39 is 0 Å². The molecule has 9 nitrogen and oxygen atoms in total. The Morgan fingerprint density at radius 2 is 1.37 bits per heavy atom. The molecule has 4 aliphatic rings. The maximum absolute atomic E-state index is 11.2. The number of benzene rings is 2. The van der Waals surface area contributed by atoms with Gasteiger partial charge in [0.2, 0.25) is 6.41 Å². The Kier molecular flexibility index (Phi) is 12.1. The molecule has 51 heavy (non-hydrogen) atoms. The highest BCUT2D eigenvalue weighted by Crippen LogP contribution is 2.41. The first-order chi connectivity index (χ1) is 25.1. The Labute approximate surface area is 310 Å². The van der Waals surface area contributed by atoms with Gasteiger partial charge in [0.25, 0.3) is 0 Å². The van der Waals surface area contributed by atoms with E-state index in [0.29, 0.717) is 24.6 Å². The average Bonchev–Trinajstić information content (AvgIpc) is 3.65.